The molecule has 1 saturated heterocycles. The highest BCUT2D eigenvalue weighted by molar-refractivity contribution is 5.98. The number of amides is 2. The van der Waals surface area contributed by atoms with Crippen LogP contribution in [0.25, 0.3) is 10.9 Å². The van der Waals surface area contributed by atoms with Crippen molar-refractivity contribution in [1.29, 1.82) is 0 Å². The number of benzene rings is 2. The first-order valence-corrected chi connectivity index (χ1v) is 12.1. The first-order chi connectivity index (χ1) is 18.0. The molecule has 1 aromatic heterocycles. The van der Waals surface area contributed by atoms with Gasteiger partial charge in [-0.1, -0.05) is 30.3 Å². The average Bonchev–Trinajstić information content (AvgIpc) is 3.60. The van der Waals surface area contributed by atoms with E-state index in [1.54, 1.807) is 36.5 Å². The van der Waals surface area contributed by atoms with E-state index in [0.29, 0.717) is 18.5 Å². The van der Waals surface area contributed by atoms with Gasteiger partial charge in [-0.3, -0.25) is 25.8 Å². The minimum Gasteiger partial charge on any atom is -0.480 e. The maximum Gasteiger partial charge on any atom is 0.408 e. The molecule has 0 bridgehead atoms. The number of ether oxygens (including phenoxy) is 1. The smallest absolute Gasteiger partial charge is 0.408 e. The molecular weight excluding hydrogens is 478 g/mol. The Kier molecular flexibility index (Phi) is 9.03. The number of alkyl carbamates (subject to hydrolysis) is 1. The van der Waals surface area contributed by atoms with Gasteiger partial charge >= 0.3 is 12.1 Å². The quantitative estimate of drug-likeness (QED) is 0.194. The normalized spacial score (nSPS) is 14.4. The maximum absolute atomic E-state index is 13.4. The number of aromatic nitrogens is 2. The first kappa shape index (κ1) is 26.1. The summed E-state index contributed by atoms with van der Waals surface area (Å²) in [6.07, 6.45) is 1.32. The van der Waals surface area contributed by atoms with Crippen LogP contribution in [0.3, 0.4) is 0 Å². The predicted octanol–water partition coefficient (Wildman–Crippen LogP) is 0.841. The molecule has 3 aromatic rings. The van der Waals surface area contributed by atoms with Gasteiger partial charge in [-0.2, -0.15) is 5.10 Å². The van der Waals surface area contributed by atoms with E-state index in [4.69, 9.17) is 4.74 Å². The van der Waals surface area contributed by atoms with Crippen molar-refractivity contribution in [3.63, 3.8) is 0 Å². The second-order valence-corrected chi connectivity index (χ2v) is 8.67. The molecule has 37 heavy (non-hydrogen) atoms. The summed E-state index contributed by atoms with van der Waals surface area (Å²) in [5.41, 5.74) is 1.96. The Hall–Kier alpha value is -4.00. The Morgan fingerprint density at radius 1 is 1.14 bits per heavy atom. The lowest BCUT2D eigenvalue weighted by Crippen LogP contribution is -2.51. The number of aliphatic carboxylic acids is 1. The van der Waals surface area contributed by atoms with Crippen LogP contribution in [0, 0.1) is 0 Å². The minimum atomic E-state index is -1.35. The van der Waals surface area contributed by atoms with Crippen LogP contribution in [0.4, 0.5) is 4.79 Å². The molecule has 2 heterocycles. The largest absolute Gasteiger partial charge is 0.480 e. The van der Waals surface area contributed by atoms with Crippen LogP contribution in [0.5, 0.6) is 0 Å². The van der Waals surface area contributed by atoms with Crippen molar-refractivity contribution < 1.29 is 24.2 Å². The van der Waals surface area contributed by atoms with Crippen LogP contribution >= 0.6 is 0 Å². The van der Waals surface area contributed by atoms with Gasteiger partial charge in [-0.15, -0.1) is 0 Å². The number of H-pyrrole nitrogens is 1. The van der Waals surface area contributed by atoms with E-state index in [9.17, 15) is 19.5 Å². The fourth-order valence-corrected chi connectivity index (χ4v) is 4.01. The Morgan fingerprint density at radius 2 is 1.92 bits per heavy atom. The van der Waals surface area contributed by atoms with Crippen molar-refractivity contribution >= 4 is 28.9 Å². The third-order valence-corrected chi connectivity index (χ3v) is 5.96. The van der Waals surface area contributed by atoms with E-state index in [1.165, 1.54) is 4.90 Å². The van der Waals surface area contributed by atoms with Crippen molar-refractivity contribution in [2.75, 3.05) is 32.7 Å². The lowest BCUT2D eigenvalue weighted by atomic mass is 10.1. The van der Waals surface area contributed by atoms with Crippen molar-refractivity contribution in [2.24, 2.45) is 0 Å². The molecule has 1 atom stereocenters. The molecule has 2 amide bonds. The van der Waals surface area contributed by atoms with Crippen LogP contribution in [0.1, 0.15) is 22.3 Å². The Bertz CT molecular complexity index is 1200. The van der Waals surface area contributed by atoms with E-state index in [0.717, 1.165) is 29.6 Å². The first-order valence-electron chi connectivity index (χ1n) is 12.1. The lowest BCUT2D eigenvalue weighted by molar-refractivity contribution is -0.139. The lowest BCUT2D eigenvalue weighted by Gasteiger charge is -2.27. The fourth-order valence-electron chi connectivity index (χ4n) is 4.01. The van der Waals surface area contributed by atoms with E-state index in [-0.39, 0.29) is 31.9 Å². The predicted molar refractivity (Wildman–Crippen MR) is 136 cm³/mol. The van der Waals surface area contributed by atoms with Gasteiger partial charge in [0.1, 0.15) is 18.9 Å². The standard InChI is InChI=1S/C25H31N7O5/c33-22(18-7-8-20-19(13-18)14-29-31-20)32(12-4-9-26-24-27-10-11-28-24)15-21(23(34)35)30-25(36)37-16-17-5-2-1-3-6-17/h1-3,5-8,13-14,21,24,26-28H,4,9-12,15-16H2,(H,29,31)(H,30,36)(H,34,35). The molecule has 0 spiro atoms. The second-order valence-electron chi connectivity index (χ2n) is 8.67. The van der Waals surface area contributed by atoms with E-state index < -0.39 is 18.1 Å². The Morgan fingerprint density at radius 3 is 2.68 bits per heavy atom. The van der Waals surface area contributed by atoms with Crippen molar-refractivity contribution in [3.05, 3.63) is 65.9 Å². The van der Waals surface area contributed by atoms with Crippen LogP contribution in [-0.4, -0.2) is 83.2 Å². The van der Waals surface area contributed by atoms with Gasteiger partial charge < -0.3 is 20.1 Å². The van der Waals surface area contributed by atoms with Gasteiger partial charge in [-0.25, -0.2) is 9.59 Å². The zero-order valence-electron chi connectivity index (χ0n) is 20.3. The summed E-state index contributed by atoms with van der Waals surface area (Å²) < 4.78 is 5.18. The molecule has 12 nitrogen and oxygen atoms in total. The van der Waals surface area contributed by atoms with E-state index in [2.05, 4.69) is 31.5 Å². The zero-order chi connectivity index (χ0) is 26.0. The van der Waals surface area contributed by atoms with Crippen molar-refractivity contribution in [2.45, 2.75) is 25.4 Å². The number of carboxylic acids is 1. The van der Waals surface area contributed by atoms with Crippen LogP contribution in [0.2, 0.25) is 0 Å². The summed E-state index contributed by atoms with van der Waals surface area (Å²) in [4.78, 5) is 39.2. The van der Waals surface area contributed by atoms with Gasteiger partial charge in [0.2, 0.25) is 0 Å². The molecule has 196 valence electrons. The molecule has 4 rings (SSSR count). The molecule has 1 aliphatic rings. The Balaban J connectivity index is 1.40. The summed E-state index contributed by atoms with van der Waals surface area (Å²) in [6.45, 7) is 2.39. The molecule has 2 aromatic carbocycles. The highest BCUT2D eigenvalue weighted by Crippen LogP contribution is 2.15. The molecule has 6 N–H and O–H groups in total. The number of hydrogen-bond donors (Lipinski definition) is 6. The van der Waals surface area contributed by atoms with Crippen LogP contribution in [0.15, 0.2) is 54.7 Å². The SMILES string of the molecule is O=C(NC(CN(CCCNC1NCCN1)C(=O)c1ccc2[nH]ncc2c1)C(=O)O)OCc1ccccc1. The van der Waals surface area contributed by atoms with E-state index >= 15 is 0 Å². The van der Waals surface area contributed by atoms with Gasteiger partial charge in [0.15, 0.2) is 0 Å². The third kappa shape index (κ3) is 7.49. The number of carbonyl (C=O) groups excluding carboxylic acids is 2. The maximum atomic E-state index is 13.4. The van der Waals surface area contributed by atoms with Gasteiger partial charge in [0.05, 0.1) is 18.3 Å². The highest BCUT2D eigenvalue weighted by Gasteiger charge is 2.27. The molecule has 0 aliphatic carbocycles. The number of nitrogens with zero attached hydrogens (tertiary/aromatic N) is 2. The number of carbonyl (C=O) groups is 3. The summed E-state index contributed by atoms with van der Waals surface area (Å²) in [5.74, 6) is -1.61. The molecule has 0 saturated carbocycles. The molecular formula is C25H31N7O5. The average molecular weight is 510 g/mol. The number of rotatable bonds is 12. The van der Waals surface area contributed by atoms with Gasteiger partial charge in [-0.05, 0) is 36.7 Å². The van der Waals surface area contributed by atoms with Gasteiger partial charge in [0.25, 0.3) is 5.91 Å². The van der Waals surface area contributed by atoms with Gasteiger partial charge in [0, 0.05) is 30.6 Å². The number of carboxylic acid groups (broad SMARTS) is 1. The molecule has 1 unspecified atom stereocenters. The monoisotopic (exact) mass is 509 g/mol. The molecule has 1 aliphatic heterocycles. The van der Waals surface area contributed by atoms with Crippen molar-refractivity contribution in [1.82, 2.24) is 36.4 Å². The van der Waals surface area contributed by atoms with Crippen molar-refractivity contribution in [3.8, 4) is 0 Å². The zero-order valence-corrected chi connectivity index (χ0v) is 20.3. The second kappa shape index (κ2) is 12.8. The van der Waals surface area contributed by atoms with Crippen LogP contribution < -0.4 is 21.3 Å². The highest BCUT2D eigenvalue weighted by atomic mass is 16.5. The number of hydrogen-bond acceptors (Lipinski definition) is 8. The fraction of sp³-hybridized carbons (Fsp3) is 0.360. The Labute approximate surface area is 213 Å². The van der Waals surface area contributed by atoms with Crippen LogP contribution in [-0.2, 0) is 16.1 Å². The summed E-state index contributed by atoms with van der Waals surface area (Å²) in [6, 6.07) is 12.8. The van der Waals surface area contributed by atoms with E-state index in [1.807, 2.05) is 18.2 Å². The summed E-state index contributed by atoms with van der Waals surface area (Å²) in [7, 11) is 0. The molecule has 1 fully saturated rings. The summed E-state index contributed by atoms with van der Waals surface area (Å²) >= 11 is 0. The summed E-state index contributed by atoms with van der Waals surface area (Å²) in [5, 5.41) is 29.6. The molecule has 0 radical (unpaired) electrons. The number of nitrogens with one attached hydrogen (secondary N) is 5. The number of aromatic amines is 1. The molecule has 12 heteroatoms. The number of fused-ring (bicyclic) bond motifs is 1. The minimum absolute atomic E-state index is 0.000434. The topological polar surface area (TPSA) is 161 Å². The third-order valence-electron chi connectivity index (χ3n) is 5.96.